The number of rotatable bonds is 8. The zero-order chi connectivity index (χ0) is 14.4. The largest absolute Gasteiger partial charge is 0.491 e. The number of nitrogens with two attached hydrogens (primary N) is 1. The lowest BCUT2D eigenvalue weighted by molar-refractivity contribution is 0.0661. The molecule has 20 heavy (non-hydrogen) atoms. The van der Waals surface area contributed by atoms with Gasteiger partial charge in [-0.05, 0) is 37.1 Å². The lowest BCUT2D eigenvalue weighted by atomic mass is 10.3. The first-order chi connectivity index (χ1) is 9.69. The summed E-state index contributed by atoms with van der Waals surface area (Å²) in [6, 6.07) is 9.80. The second kappa shape index (κ2) is 7.13. The fourth-order valence-corrected chi connectivity index (χ4v) is 2.14. The van der Waals surface area contributed by atoms with Crippen LogP contribution in [0.1, 0.15) is 19.3 Å². The molecule has 0 saturated heterocycles. The van der Waals surface area contributed by atoms with Crippen LogP contribution in [0.3, 0.4) is 0 Å². The highest BCUT2D eigenvalue weighted by atomic mass is 16.5. The Kier molecular flexibility index (Phi) is 5.22. The Bertz CT molecular complexity index is 451. The normalized spacial score (nSPS) is 15.8. The van der Waals surface area contributed by atoms with Gasteiger partial charge in [0.15, 0.2) is 0 Å². The van der Waals surface area contributed by atoms with Crippen molar-refractivity contribution in [2.45, 2.75) is 31.4 Å². The van der Waals surface area contributed by atoms with Crippen LogP contribution < -0.4 is 10.5 Å². The van der Waals surface area contributed by atoms with Gasteiger partial charge in [-0.25, -0.2) is 0 Å². The van der Waals surface area contributed by atoms with Crippen LogP contribution in [0, 0.1) is 11.3 Å². The van der Waals surface area contributed by atoms with E-state index in [1.54, 1.807) is 24.3 Å². The van der Waals surface area contributed by atoms with Gasteiger partial charge in [-0.2, -0.15) is 5.26 Å². The molecule has 1 unspecified atom stereocenters. The zero-order valence-electron chi connectivity index (χ0n) is 11.5. The molecule has 3 N–H and O–H groups in total. The Morgan fingerprint density at radius 2 is 2.10 bits per heavy atom. The molecule has 0 spiro atoms. The van der Waals surface area contributed by atoms with E-state index in [2.05, 4.69) is 11.0 Å². The number of aliphatic hydroxyl groups is 1. The van der Waals surface area contributed by atoms with E-state index in [4.69, 9.17) is 15.7 Å². The maximum Gasteiger partial charge on any atom is 0.119 e. The summed E-state index contributed by atoms with van der Waals surface area (Å²) in [6.45, 7) is 1.53. The van der Waals surface area contributed by atoms with E-state index in [-0.39, 0.29) is 6.61 Å². The first-order valence-corrected chi connectivity index (χ1v) is 6.96. The number of hydrogen-bond donors (Lipinski definition) is 2. The molecule has 1 saturated carbocycles. The highest BCUT2D eigenvalue weighted by Gasteiger charge is 2.29. The van der Waals surface area contributed by atoms with Crippen LogP contribution in [-0.4, -0.2) is 41.8 Å². The summed E-state index contributed by atoms with van der Waals surface area (Å²) in [4.78, 5) is 2.18. The lowest BCUT2D eigenvalue weighted by Crippen LogP contribution is -2.37. The van der Waals surface area contributed by atoms with Crippen LogP contribution in [0.4, 0.5) is 5.69 Å². The fourth-order valence-electron chi connectivity index (χ4n) is 2.14. The van der Waals surface area contributed by atoms with Gasteiger partial charge in [0.25, 0.3) is 0 Å². The zero-order valence-corrected chi connectivity index (χ0v) is 11.5. The first-order valence-electron chi connectivity index (χ1n) is 6.96. The number of nitrogens with zero attached hydrogens (tertiary/aromatic N) is 2. The van der Waals surface area contributed by atoms with E-state index in [1.807, 2.05) is 0 Å². The van der Waals surface area contributed by atoms with Gasteiger partial charge < -0.3 is 15.6 Å². The van der Waals surface area contributed by atoms with Crippen LogP contribution in [0.2, 0.25) is 0 Å². The van der Waals surface area contributed by atoms with Crippen molar-refractivity contribution < 1.29 is 9.84 Å². The molecule has 0 aromatic heterocycles. The van der Waals surface area contributed by atoms with Crippen LogP contribution in [0.5, 0.6) is 5.75 Å². The fraction of sp³-hybridized carbons (Fsp3) is 0.533. The van der Waals surface area contributed by atoms with Crippen LogP contribution in [-0.2, 0) is 0 Å². The standard InChI is InChI=1S/C15H21N3O2/c16-8-1-9-18(13-4-5-13)10-14(19)11-20-15-6-2-12(17)3-7-15/h2-3,6-7,13-14,19H,1,4-5,9-11,17H2. The third kappa shape index (κ3) is 4.72. The molecule has 1 fully saturated rings. The average Bonchev–Trinajstić information content (AvgIpc) is 3.27. The van der Waals surface area contributed by atoms with Crippen molar-refractivity contribution in [1.82, 2.24) is 4.90 Å². The Morgan fingerprint density at radius 3 is 2.70 bits per heavy atom. The molecule has 1 aliphatic carbocycles. The van der Waals surface area contributed by atoms with Crippen molar-refractivity contribution in [3.8, 4) is 11.8 Å². The van der Waals surface area contributed by atoms with E-state index in [0.717, 1.165) is 19.4 Å². The summed E-state index contributed by atoms with van der Waals surface area (Å²) in [5, 5.41) is 18.7. The van der Waals surface area contributed by atoms with E-state index in [9.17, 15) is 5.11 Å². The Morgan fingerprint density at radius 1 is 1.40 bits per heavy atom. The molecule has 1 atom stereocenters. The smallest absolute Gasteiger partial charge is 0.119 e. The molecule has 1 aromatic rings. The van der Waals surface area contributed by atoms with Gasteiger partial charge >= 0.3 is 0 Å². The summed E-state index contributed by atoms with van der Waals surface area (Å²) < 4.78 is 5.53. The number of nitriles is 1. The van der Waals surface area contributed by atoms with Gasteiger partial charge in [0, 0.05) is 31.2 Å². The third-order valence-electron chi connectivity index (χ3n) is 3.34. The predicted molar refractivity (Wildman–Crippen MR) is 77.2 cm³/mol. The molecule has 0 aliphatic heterocycles. The molecule has 0 bridgehead atoms. The van der Waals surface area contributed by atoms with E-state index >= 15 is 0 Å². The van der Waals surface area contributed by atoms with Crippen molar-refractivity contribution in [2.24, 2.45) is 0 Å². The second-order valence-corrected chi connectivity index (χ2v) is 5.17. The maximum absolute atomic E-state index is 10.0. The minimum absolute atomic E-state index is 0.250. The Hall–Kier alpha value is -1.77. The number of aliphatic hydroxyl groups excluding tert-OH is 1. The Balaban J connectivity index is 1.74. The van der Waals surface area contributed by atoms with Crippen molar-refractivity contribution in [1.29, 1.82) is 5.26 Å². The quantitative estimate of drug-likeness (QED) is 0.700. The lowest BCUT2D eigenvalue weighted by Gasteiger charge is -2.24. The van der Waals surface area contributed by atoms with Gasteiger partial charge in [0.05, 0.1) is 6.07 Å². The molecule has 5 heteroatoms. The molecule has 1 aromatic carbocycles. The second-order valence-electron chi connectivity index (χ2n) is 5.17. The summed E-state index contributed by atoms with van der Waals surface area (Å²) in [7, 11) is 0. The molecule has 0 radical (unpaired) electrons. The molecule has 108 valence electrons. The van der Waals surface area contributed by atoms with Gasteiger partial charge in [0.2, 0.25) is 0 Å². The number of benzene rings is 1. The molecule has 2 rings (SSSR count). The summed E-state index contributed by atoms with van der Waals surface area (Å²) >= 11 is 0. The number of anilines is 1. The van der Waals surface area contributed by atoms with Gasteiger partial charge in [-0.3, -0.25) is 4.90 Å². The van der Waals surface area contributed by atoms with Crippen LogP contribution in [0.25, 0.3) is 0 Å². The molecular weight excluding hydrogens is 254 g/mol. The van der Waals surface area contributed by atoms with Crippen molar-refractivity contribution in [2.75, 3.05) is 25.4 Å². The predicted octanol–water partition coefficient (Wildman–Crippen LogP) is 1.39. The van der Waals surface area contributed by atoms with Crippen LogP contribution in [0.15, 0.2) is 24.3 Å². The third-order valence-corrected chi connectivity index (χ3v) is 3.34. The topological polar surface area (TPSA) is 82.5 Å². The molecule has 1 aliphatic rings. The van der Waals surface area contributed by atoms with Crippen LogP contribution >= 0.6 is 0 Å². The number of nitrogen functional groups attached to an aromatic ring is 1. The molecule has 5 nitrogen and oxygen atoms in total. The summed E-state index contributed by atoms with van der Waals surface area (Å²) in [5.74, 6) is 0.702. The monoisotopic (exact) mass is 275 g/mol. The Labute approximate surface area is 119 Å². The highest BCUT2D eigenvalue weighted by Crippen LogP contribution is 2.27. The van der Waals surface area contributed by atoms with E-state index in [1.165, 1.54) is 0 Å². The highest BCUT2D eigenvalue weighted by molar-refractivity contribution is 5.41. The van der Waals surface area contributed by atoms with E-state index < -0.39 is 6.10 Å². The molecular formula is C15H21N3O2. The van der Waals surface area contributed by atoms with Crippen molar-refractivity contribution in [3.05, 3.63) is 24.3 Å². The van der Waals surface area contributed by atoms with Gasteiger partial charge in [0.1, 0.15) is 18.5 Å². The summed E-state index contributed by atoms with van der Waals surface area (Å²) in [5.41, 5.74) is 6.29. The van der Waals surface area contributed by atoms with Gasteiger partial charge in [-0.1, -0.05) is 0 Å². The molecule has 0 amide bonds. The minimum Gasteiger partial charge on any atom is -0.491 e. The number of ether oxygens (including phenoxy) is 1. The maximum atomic E-state index is 10.0. The van der Waals surface area contributed by atoms with Crippen molar-refractivity contribution >= 4 is 5.69 Å². The van der Waals surface area contributed by atoms with Crippen molar-refractivity contribution in [3.63, 3.8) is 0 Å². The summed E-state index contributed by atoms with van der Waals surface area (Å²) in [6.07, 6.45) is 2.28. The van der Waals surface area contributed by atoms with E-state index in [0.29, 0.717) is 30.4 Å². The minimum atomic E-state index is -0.549. The average molecular weight is 275 g/mol. The first kappa shape index (κ1) is 14.6. The molecule has 0 heterocycles. The number of hydrogen-bond acceptors (Lipinski definition) is 5. The SMILES string of the molecule is N#CCCN(CC(O)COc1ccc(N)cc1)C1CC1. The van der Waals surface area contributed by atoms with Gasteiger partial charge in [-0.15, -0.1) is 0 Å².